The van der Waals surface area contributed by atoms with Crippen LogP contribution < -0.4 is 5.73 Å². The fraction of sp³-hybridized carbons (Fsp3) is 0.0714. The molecule has 92 valence electrons. The number of nitrogens with two attached hydrogens (primary N) is 1. The SMILES string of the molecule is COC(=O)c1ccc(N)cc1-c1cccc(F)c1. The number of methoxy groups -OCH3 is 1. The number of carbonyl (C=O) groups excluding carboxylic acids is 1. The Labute approximate surface area is 104 Å². The van der Waals surface area contributed by atoms with Crippen molar-refractivity contribution in [3.8, 4) is 11.1 Å². The van der Waals surface area contributed by atoms with Gasteiger partial charge in [0.2, 0.25) is 0 Å². The monoisotopic (exact) mass is 245 g/mol. The van der Waals surface area contributed by atoms with Gasteiger partial charge in [0.25, 0.3) is 0 Å². The van der Waals surface area contributed by atoms with Crippen molar-refractivity contribution in [3.05, 3.63) is 53.8 Å². The lowest BCUT2D eigenvalue weighted by Crippen LogP contribution is -2.04. The van der Waals surface area contributed by atoms with Crippen molar-refractivity contribution in [2.45, 2.75) is 0 Å². The Morgan fingerprint density at radius 3 is 2.67 bits per heavy atom. The Bertz CT molecular complexity index is 596. The molecule has 2 aromatic rings. The van der Waals surface area contributed by atoms with Gasteiger partial charge in [-0.05, 0) is 41.5 Å². The van der Waals surface area contributed by atoms with Crippen LogP contribution in [0.25, 0.3) is 11.1 Å². The smallest absolute Gasteiger partial charge is 0.338 e. The van der Waals surface area contributed by atoms with E-state index in [0.717, 1.165) is 0 Å². The average Bonchev–Trinajstić information content (AvgIpc) is 2.38. The van der Waals surface area contributed by atoms with Crippen molar-refractivity contribution in [1.29, 1.82) is 0 Å². The molecule has 0 radical (unpaired) electrons. The van der Waals surface area contributed by atoms with E-state index in [0.29, 0.717) is 22.4 Å². The molecule has 0 aliphatic rings. The Morgan fingerprint density at radius 1 is 1.22 bits per heavy atom. The largest absolute Gasteiger partial charge is 0.465 e. The minimum atomic E-state index is -0.478. The fourth-order valence-electron chi connectivity index (χ4n) is 1.74. The van der Waals surface area contributed by atoms with E-state index in [1.165, 1.54) is 19.2 Å². The molecule has 0 bridgehead atoms. The van der Waals surface area contributed by atoms with Crippen LogP contribution in [0, 0.1) is 5.82 Å². The number of nitrogen functional groups attached to an aromatic ring is 1. The van der Waals surface area contributed by atoms with Crippen molar-refractivity contribution in [2.75, 3.05) is 12.8 Å². The zero-order chi connectivity index (χ0) is 13.1. The first-order chi connectivity index (χ1) is 8.61. The Morgan fingerprint density at radius 2 is 2.00 bits per heavy atom. The summed E-state index contributed by atoms with van der Waals surface area (Å²) >= 11 is 0. The normalized spacial score (nSPS) is 10.1. The van der Waals surface area contributed by atoms with Gasteiger partial charge >= 0.3 is 5.97 Å². The second-order valence-electron chi connectivity index (χ2n) is 3.81. The van der Waals surface area contributed by atoms with Gasteiger partial charge in [-0.1, -0.05) is 12.1 Å². The fourth-order valence-corrected chi connectivity index (χ4v) is 1.74. The van der Waals surface area contributed by atoms with E-state index in [2.05, 4.69) is 0 Å². The van der Waals surface area contributed by atoms with Crippen molar-refractivity contribution in [2.24, 2.45) is 0 Å². The molecule has 0 unspecified atom stereocenters. The predicted molar refractivity (Wildman–Crippen MR) is 67.6 cm³/mol. The average molecular weight is 245 g/mol. The molecule has 0 aliphatic heterocycles. The van der Waals surface area contributed by atoms with Crippen LogP contribution in [0.4, 0.5) is 10.1 Å². The Kier molecular flexibility index (Phi) is 3.28. The number of rotatable bonds is 2. The molecule has 0 fully saturated rings. The molecule has 3 nitrogen and oxygen atoms in total. The molecular weight excluding hydrogens is 233 g/mol. The van der Waals surface area contributed by atoms with Gasteiger partial charge < -0.3 is 10.5 Å². The quantitative estimate of drug-likeness (QED) is 0.653. The number of hydrogen-bond donors (Lipinski definition) is 1. The van der Waals surface area contributed by atoms with E-state index in [1.54, 1.807) is 30.3 Å². The van der Waals surface area contributed by atoms with Crippen LogP contribution in [0.15, 0.2) is 42.5 Å². The molecule has 18 heavy (non-hydrogen) atoms. The molecule has 4 heteroatoms. The molecule has 0 spiro atoms. The lowest BCUT2D eigenvalue weighted by Gasteiger charge is -2.09. The van der Waals surface area contributed by atoms with Crippen molar-refractivity contribution in [1.82, 2.24) is 0 Å². The minimum Gasteiger partial charge on any atom is -0.465 e. The molecule has 0 saturated heterocycles. The Hall–Kier alpha value is -2.36. The zero-order valence-electron chi connectivity index (χ0n) is 9.81. The molecule has 2 N–H and O–H groups in total. The minimum absolute atomic E-state index is 0.359. The van der Waals surface area contributed by atoms with Gasteiger partial charge in [0.15, 0.2) is 0 Å². The molecule has 0 aliphatic carbocycles. The summed E-state index contributed by atoms with van der Waals surface area (Å²) in [6.07, 6.45) is 0. The van der Waals surface area contributed by atoms with Gasteiger partial charge in [-0.15, -0.1) is 0 Å². The van der Waals surface area contributed by atoms with Crippen LogP contribution in [0.2, 0.25) is 0 Å². The van der Waals surface area contributed by atoms with Gasteiger partial charge in [0, 0.05) is 5.69 Å². The highest BCUT2D eigenvalue weighted by Crippen LogP contribution is 2.27. The molecule has 0 aromatic heterocycles. The van der Waals surface area contributed by atoms with Gasteiger partial charge in [-0.3, -0.25) is 0 Å². The van der Waals surface area contributed by atoms with Crippen LogP contribution in [-0.2, 0) is 4.74 Å². The van der Waals surface area contributed by atoms with Crippen molar-refractivity contribution >= 4 is 11.7 Å². The highest BCUT2D eigenvalue weighted by Gasteiger charge is 2.13. The van der Waals surface area contributed by atoms with Crippen molar-refractivity contribution in [3.63, 3.8) is 0 Å². The Balaban J connectivity index is 2.61. The molecule has 0 amide bonds. The number of anilines is 1. The van der Waals surface area contributed by atoms with E-state index in [1.807, 2.05) is 0 Å². The second kappa shape index (κ2) is 4.87. The van der Waals surface area contributed by atoms with E-state index < -0.39 is 5.97 Å². The van der Waals surface area contributed by atoms with Crippen molar-refractivity contribution < 1.29 is 13.9 Å². The maximum absolute atomic E-state index is 13.2. The number of esters is 1. The first kappa shape index (κ1) is 12.1. The maximum atomic E-state index is 13.2. The third-order valence-electron chi connectivity index (χ3n) is 2.58. The van der Waals surface area contributed by atoms with Crippen LogP contribution in [0.3, 0.4) is 0 Å². The number of halogens is 1. The number of carbonyl (C=O) groups is 1. The summed E-state index contributed by atoms with van der Waals surface area (Å²) in [4.78, 5) is 11.6. The maximum Gasteiger partial charge on any atom is 0.338 e. The summed E-state index contributed by atoms with van der Waals surface area (Å²) in [5, 5.41) is 0. The lowest BCUT2D eigenvalue weighted by molar-refractivity contribution is 0.0601. The van der Waals surface area contributed by atoms with Crippen LogP contribution >= 0.6 is 0 Å². The van der Waals surface area contributed by atoms with E-state index in [-0.39, 0.29) is 5.82 Å². The summed E-state index contributed by atoms with van der Waals surface area (Å²) in [5.74, 6) is -0.847. The third-order valence-corrected chi connectivity index (χ3v) is 2.58. The zero-order valence-corrected chi connectivity index (χ0v) is 9.81. The first-order valence-electron chi connectivity index (χ1n) is 5.35. The third kappa shape index (κ3) is 2.32. The van der Waals surface area contributed by atoms with Gasteiger partial charge in [-0.25, -0.2) is 9.18 Å². The summed E-state index contributed by atoms with van der Waals surface area (Å²) < 4.78 is 17.9. The molecule has 0 heterocycles. The first-order valence-corrected chi connectivity index (χ1v) is 5.35. The number of benzene rings is 2. The topological polar surface area (TPSA) is 52.3 Å². The highest BCUT2D eigenvalue weighted by atomic mass is 19.1. The number of hydrogen-bond acceptors (Lipinski definition) is 3. The summed E-state index contributed by atoms with van der Waals surface area (Å²) in [6, 6.07) is 10.8. The molecular formula is C14H12FNO2. The molecule has 2 aromatic carbocycles. The van der Waals surface area contributed by atoms with Gasteiger partial charge in [-0.2, -0.15) is 0 Å². The van der Waals surface area contributed by atoms with Gasteiger partial charge in [0.1, 0.15) is 5.82 Å². The number of ether oxygens (including phenoxy) is 1. The van der Waals surface area contributed by atoms with E-state index >= 15 is 0 Å². The molecule has 0 saturated carbocycles. The standard InChI is InChI=1S/C14H12FNO2/c1-18-14(17)12-6-5-11(16)8-13(12)9-3-2-4-10(15)7-9/h2-8H,16H2,1H3. The second-order valence-corrected chi connectivity index (χ2v) is 3.81. The highest BCUT2D eigenvalue weighted by molar-refractivity contribution is 5.98. The summed E-state index contributed by atoms with van der Waals surface area (Å²) in [5.41, 5.74) is 7.70. The van der Waals surface area contributed by atoms with Gasteiger partial charge in [0.05, 0.1) is 12.7 Å². The van der Waals surface area contributed by atoms with Crippen LogP contribution in [-0.4, -0.2) is 13.1 Å². The molecule has 0 atom stereocenters. The predicted octanol–water partition coefficient (Wildman–Crippen LogP) is 2.86. The van der Waals surface area contributed by atoms with E-state index in [9.17, 15) is 9.18 Å². The summed E-state index contributed by atoms with van der Waals surface area (Å²) in [6.45, 7) is 0. The van der Waals surface area contributed by atoms with Crippen LogP contribution in [0.5, 0.6) is 0 Å². The van der Waals surface area contributed by atoms with Crippen LogP contribution in [0.1, 0.15) is 10.4 Å². The summed E-state index contributed by atoms with van der Waals surface area (Å²) in [7, 11) is 1.30. The van der Waals surface area contributed by atoms with E-state index in [4.69, 9.17) is 10.5 Å². The lowest BCUT2D eigenvalue weighted by atomic mass is 9.99. The molecule has 2 rings (SSSR count).